The summed E-state index contributed by atoms with van der Waals surface area (Å²) < 4.78 is 6.70. The summed E-state index contributed by atoms with van der Waals surface area (Å²) >= 11 is 0. The van der Waals surface area contributed by atoms with E-state index < -0.39 is 0 Å². The molecule has 2 rings (SSSR count). The van der Waals surface area contributed by atoms with E-state index in [-0.39, 0.29) is 5.97 Å². The Hall–Kier alpha value is -2.17. The Morgan fingerprint density at radius 1 is 1.37 bits per heavy atom. The molecule has 19 heavy (non-hydrogen) atoms. The predicted octanol–water partition coefficient (Wildman–Crippen LogP) is 2.19. The number of benzene rings is 1. The fourth-order valence-corrected chi connectivity index (χ4v) is 1.99. The maximum Gasteiger partial charge on any atom is 0.302 e. The van der Waals surface area contributed by atoms with E-state index in [1.807, 2.05) is 28.9 Å². The Bertz CT molecular complexity index is 589. The molecule has 0 aliphatic rings. The van der Waals surface area contributed by atoms with Crippen LogP contribution in [0.4, 0.5) is 0 Å². The van der Waals surface area contributed by atoms with Crippen molar-refractivity contribution >= 4 is 23.2 Å². The molecule has 0 N–H and O–H groups in total. The van der Waals surface area contributed by atoms with Crippen LogP contribution in [0.5, 0.6) is 0 Å². The molecule has 0 spiro atoms. The molecule has 100 valence electrons. The van der Waals surface area contributed by atoms with Crippen molar-refractivity contribution in [1.82, 2.24) is 9.78 Å². The van der Waals surface area contributed by atoms with E-state index in [4.69, 9.17) is 4.74 Å². The number of esters is 1. The number of aryl methyl sites for hydroxylation is 1. The lowest BCUT2D eigenvalue weighted by atomic mass is 10.2. The largest absolute Gasteiger partial charge is 0.466 e. The molecule has 0 unspecified atom stereocenters. The van der Waals surface area contributed by atoms with E-state index in [1.165, 1.54) is 6.92 Å². The van der Waals surface area contributed by atoms with Crippen LogP contribution >= 0.6 is 0 Å². The van der Waals surface area contributed by atoms with Crippen molar-refractivity contribution in [3.8, 4) is 0 Å². The van der Waals surface area contributed by atoms with Gasteiger partial charge in [-0.2, -0.15) is 5.10 Å². The number of aromatic nitrogens is 2. The zero-order valence-corrected chi connectivity index (χ0v) is 10.8. The van der Waals surface area contributed by atoms with Gasteiger partial charge in [0.15, 0.2) is 6.29 Å². The highest BCUT2D eigenvalue weighted by molar-refractivity contribution is 5.95. The molecule has 5 nitrogen and oxygen atoms in total. The highest BCUT2D eigenvalue weighted by Crippen LogP contribution is 2.17. The molecule has 0 bridgehead atoms. The third-order valence-corrected chi connectivity index (χ3v) is 2.87. The molecule has 0 amide bonds. The summed E-state index contributed by atoms with van der Waals surface area (Å²) in [6.45, 7) is 2.53. The maximum atomic E-state index is 11.0. The van der Waals surface area contributed by atoms with Crippen LogP contribution in [0.2, 0.25) is 0 Å². The van der Waals surface area contributed by atoms with Crippen LogP contribution in [0.25, 0.3) is 10.9 Å². The van der Waals surface area contributed by atoms with E-state index >= 15 is 0 Å². The van der Waals surface area contributed by atoms with E-state index in [1.54, 1.807) is 0 Å². The maximum absolute atomic E-state index is 11.0. The highest BCUT2D eigenvalue weighted by Gasteiger charge is 2.08. The van der Waals surface area contributed by atoms with Crippen molar-refractivity contribution < 1.29 is 14.3 Å². The molecule has 1 aromatic carbocycles. The molecule has 1 heterocycles. The number of carbonyl (C=O) groups excluding carboxylic acids is 2. The molecule has 0 saturated heterocycles. The first-order chi connectivity index (χ1) is 9.22. The lowest BCUT2D eigenvalue weighted by Gasteiger charge is -2.04. The lowest BCUT2D eigenvalue weighted by Crippen LogP contribution is -2.04. The van der Waals surface area contributed by atoms with Crippen LogP contribution in [0.15, 0.2) is 24.3 Å². The number of unbranched alkanes of at least 4 members (excludes halogenated alkanes) is 1. The number of aldehydes is 1. The van der Waals surface area contributed by atoms with Gasteiger partial charge in [-0.15, -0.1) is 0 Å². The van der Waals surface area contributed by atoms with Crippen molar-refractivity contribution in [2.75, 3.05) is 6.61 Å². The third kappa shape index (κ3) is 3.19. The van der Waals surface area contributed by atoms with Gasteiger partial charge in [0.1, 0.15) is 5.69 Å². The van der Waals surface area contributed by atoms with Gasteiger partial charge in [-0.05, 0) is 18.9 Å². The van der Waals surface area contributed by atoms with E-state index in [0.29, 0.717) is 18.8 Å². The molecule has 0 aliphatic heterocycles. The van der Waals surface area contributed by atoms with Gasteiger partial charge in [-0.25, -0.2) is 0 Å². The van der Waals surface area contributed by atoms with Gasteiger partial charge in [0.25, 0.3) is 0 Å². The van der Waals surface area contributed by atoms with Crippen LogP contribution in [0.3, 0.4) is 0 Å². The Morgan fingerprint density at radius 2 is 2.16 bits per heavy atom. The Kier molecular flexibility index (Phi) is 4.28. The van der Waals surface area contributed by atoms with Crippen LogP contribution in [-0.2, 0) is 16.1 Å². The second-order valence-corrected chi connectivity index (χ2v) is 4.29. The fourth-order valence-electron chi connectivity index (χ4n) is 1.99. The number of ether oxygens (including phenoxy) is 1. The number of carbonyl (C=O) groups is 2. The van der Waals surface area contributed by atoms with Crippen LogP contribution in [-0.4, -0.2) is 28.6 Å². The van der Waals surface area contributed by atoms with Gasteiger partial charge in [0, 0.05) is 18.9 Å². The monoisotopic (exact) mass is 260 g/mol. The molecule has 0 radical (unpaired) electrons. The van der Waals surface area contributed by atoms with Crippen molar-refractivity contribution in [2.24, 2.45) is 0 Å². The zero-order chi connectivity index (χ0) is 13.7. The van der Waals surface area contributed by atoms with Gasteiger partial charge in [-0.1, -0.05) is 18.2 Å². The van der Waals surface area contributed by atoms with Gasteiger partial charge in [0.05, 0.1) is 12.1 Å². The first-order valence-electron chi connectivity index (χ1n) is 6.26. The molecule has 0 aliphatic carbocycles. The molecule has 0 fully saturated rings. The number of hydrogen-bond acceptors (Lipinski definition) is 4. The van der Waals surface area contributed by atoms with E-state index in [2.05, 4.69) is 5.10 Å². The molecular formula is C14H16N2O3. The molecule has 0 atom stereocenters. The van der Waals surface area contributed by atoms with E-state index in [9.17, 15) is 9.59 Å². The summed E-state index contributed by atoms with van der Waals surface area (Å²) in [6, 6.07) is 7.65. The number of rotatable bonds is 6. The van der Waals surface area contributed by atoms with E-state index in [0.717, 1.165) is 30.0 Å². The van der Waals surface area contributed by atoms with Crippen LogP contribution in [0, 0.1) is 0 Å². The summed E-state index contributed by atoms with van der Waals surface area (Å²) in [5.74, 6) is -0.257. The topological polar surface area (TPSA) is 61.2 Å². The van der Waals surface area contributed by atoms with Crippen molar-refractivity contribution in [3.63, 3.8) is 0 Å². The van der Waals surface area contributed by atoms with Gasteiger partial charge in [0.2, 0.25) is 0 Å². The molecule has 0 saturated carbocycles. The molecular weight excluding hydrogens is 244 g/mol. The Labute approximate surface area is 111 Å². The second-order valence-electron chi connectivity index (χ2n) is 4.29. The first kappa shape index (κ1) is 13.3. The van der Waals surface area contributed by atoms with Crippen LogP contribution in [0.1, 0.15) is 30.3 Å². The quantitative estimate of drug-likeness (QED) is 0.454. The molecule has 2 aromatic rings. The number of hydrogen-bond donors (Lipinski definition) is 0. The normalized spacial score (nSPS) is 10.6. The number of nitrogens with zero attached hydrogens (tertiary/aromatic N) is 2. The number of para-hydroxylation sites is 1. The van der Waals surface area contributed by atoms with Gasteiger partial charge < -0.3 is 4.74 Å². The minimum Gasteiger partial charge on any atom is -0.466 e. The average Bonchev–Trinajstić information content (AvgIpc) is 2.76. The van der Waals surface area contributed by atoms with Crippen molar-refractivity contribution in [1.29, 1.82) is 0 Å². The minimum absolute atomic E-state index is 0.257. The Morgan fingerprint density at radius 3 is 2.89 bits per heavy atom. The Balaban J connectivity index is 2.00. The summed E-state index contributed by atoms with van der Waals surface area (Å²) in [6.07, 6.45) is 2.40. The van der Waals surface area contributed by atoms with Gasteiger partial charge >= 0.3 is 5.97 Å². The lowest BCUT2D eigenvalue weighted by molar-refractivity contribution is -0.141. The smallest absolute Gasteiger partial charge is 0.302 e. The van der Waals surface area contributed by atoms with Crippen LogP contribution < -0.4 is 0 Å². The number of fused-ring (bicyclic) bond motifs is 1. The summed E-state index contributed by atoms with van der Waals surface area (Å²) in [7, 11) is 0. The fraction of sp³-hybridized carbons (Fsp3) is 0.357. The van der Waals surface area contributed by atoms with Crippen molar-refractivity contribution in [2.45, 2.75) is 26.3 Å². The zero-order valence-electron chi connectivity index (χ0n) is 10.8. The summed E-state index contributed by atoms with van der Waals surface area (Å²) in [5, 5.41) is 5.15. The summed E-state index contributed by atoms with van der Waals surface area (Å²) in [4.78, 5) is 21.6. The first-order valence-corrected chi connectivity index (χ1v) is 6.26. The summed E-state index contributed by atoms with van der Waals surface area (Å²) in [5.41, 5.74) is 1.42. The predicted molar refractivity (Wildman–Crippen MR) is 71.0 cm³/mol. The molecule has 1 aromatic heterocycles. The van der Waals surface area contributed by atoms with Crippen molar-refractivity contribution in [3.05, 3.63) is 30.0 Å². The highest BCUT2D eigenvalue weighted by atomic mass is 16.5. The third-order valence-electron chi connectivity index (χ3n) is 2.87. The SMILES string of the molecule is CC(=O)OCCCCn1nc(C=O)c2ccccc21. The second kappa shape index (κ2) is 6.13. The molecule has 5 heteroatoms. The minimum atomic E-state index is -0.257. The average molecular weight is 260 g/mol. The standard InChI is InChI=1S/C14H16N2O3/c1-11(18)19-9-5-4-8-16-14-7-3-2-6-12(14)13(10-17)15-16/h2-3,6-7,10H,4-5,8-9H2,1H3. The van der Waals surface area contributed by atoms with Gasteiger partial charge in [-0.3, -0.25) is 14.3 Å².